The highest BCUT2D eigenvalue weighted by Gasteiger charge is 2.21. The number of allylic oxidation sites excluding steroid dienone is 6. The van der Waals surface area contributed by atoms with Crippen LogP contribution < -0.4 is 0 Å². The van der Waals surface area contributed by atoms with Crippen molar-refractivity contribution >= 4 is 5.57 Å². The zero-order valence-corrected chi connectivity index (χ0v) is 31.8. The van der Waals surface area contributed by atoms with Crippen molar-refractivity contribution in [1.29, 1.82) is 0 Å². The molecule has 2 bridgehead atoms. The molecule has 1 aromatic rings. The van der Waals surface area contributed by atoms with Crippen LogP contribution in [0.1, 0.15) is 209 Å². The molecule has 0 saturated heterocycles. The van der Waals surface area contributed by atoms with Crippen LogP contribution in [-0.4, -0.2) is 0 Å². The van der Waals surface area contributed by atoms with Crippen LogP contribution in [0.4, 0.5) is 0 Å². The van der Waals surface area contributed by atoms with E-state index in [0.29, 0.717) is 0 Å². The van der Waals surface area contributed by atoms with Crippen LogP contribution >= 0.6 is 0 Å². The Morgan fingerprint density at radius 3 is 2.00 bits per heavy atom. The number of unbranched alkanes of at least 4 members (excludes halogenated alkanes) is 1. The minimum atomic E-state index is 0. The van der Waals surface area contributed by atoms with Crippen LogP contribution in [0.5, 0.6) is 0 Å². The second kappa shape index (κ2) is 29.6. The largest absolute Gasteiger partial charge is 0.0887 e. The van der Waals surface area contributed by atoms with Crippen molar-refractivity contribution in [3.63, 3.8) is 0 Å². The quantitative estimate of drug-likeness (QED) is 0.250. The Bertz CT molecular complexity index is 917. The zero-order valence-electron chi connectivity index (χ0n) is 31.8. The average Bonchev–Trinajstić information content (AvgIpc) is 3.09. The molecule has 1 aromatic carbocycles. The first-order chi connectivity index (χ1) is 22.0. The second-order valence-electron chi connectivity index (χ2n) is 14.3. The summed E-state index contributed by atoms with van der Waals surface area (Å²) in [5, 5.41) is 0. The molecule has 0 radical (unpaired) electrons. The number of rotatable bonds is 8. The summed E-state index contributed by atoms with van der Waals surface area (Å²) in [5.74, 6) is 2.72. The van der Waals surface area contributed by atoms with Crippen LogP contribution in [0.3, 0.4) is 0 Å². The standard InChI is InChI=1S/C32H48.C7H14.C4H10.C2H6.CH4/c1-26-18-20-27(21-19-26)13-10-14-28-15-11-17-31(24-28)32-23-22-29-12-8-6-4-2-3-5-7-9-16-30(32)25-29;1-4-6-7(3)5-2;1-3-4-2;1-2;/h11,15,17,22-24,26-27,30H,2-10,12-14,16,18-21,25H2,1H3;5H,4,6H2,1-3H3;3-4H2,1-2H3;1-2H3;1H4/b;7-5+;;;. The van der Waals surface area contributed by atoms with Crippen LogP contribution in [0.15, 0.2) is 53.6 Å². The number of fused-ring (bicyclic) bond motifs is 2. The van der Waals surface area contributed by atoms with E-state index in [2.05, 4.69) is 84.0 Å². The van der Waals surface area contributed by atoms with Crippen LogP contribution in [0.25, 0.3) is 5.57 Å². The highest BCUT2D eigenvalue weighted by Crippen LogP contribution is 2.38. The highest BCUT2D eigenvalue weighted by atomic mass is 14.3. The summed E-state index contributed by atoms with van der Waals surface area (Å²) < 4.78 is 0. The predicted octanol–water partition coefficient (Wildman–Crippen LogP) is 16.3. The van der Waals surface area contributed by atoms with Crippen molar-refractivity contribution in [2.45, 2.75) is 204 Å². The lowest BCUT2D eigenvalue weighted by Crippen LogP contribution is -2.12. The van der Waals surface area contributed by atoms with Gasteiger partial charge in [0.05, 0.1) is 0 Å². The molecule has 0 amide bonds. The summed E-state index contributed by atoms with van der Waals surface area (Å²) in [4.78, 5) is 0. The fourth-order valence-corrected chi connectivity index (χ4v) is 7.07. The van der Waals surface area contributed by atoms with E-state index in [1.807, 2.05) is 13.8 Å². The zero-order chi connectivity index (χ0) is 33.1. The van der Waals surface area contributed by atoms with Gasteiger partial charge in [0.2, 0.25) is 0 Å². The molecule has 0 N–H and O–H groups in total. The number of aryl methyl sites for hydroxylation is 1. The molecule has 0 spiro atoms. The Labute approximate surface area is 291 Å². The van der Waals surface area contributed by atoms with Crippen molar-refractivity contribution in [1.82, 2.24) is 0 Å². The number of hydrogen-bond acceptors (Lipinski definition) is 0. The van der Waals surface area contributed by atoms with Gasteiger partial charge in [-0.15, -0.1) is 0 Å². The minimum absolute atomic E-state index is 0. The van der Waals surface area contributed by atoms with Crippen molar-refractivity contribution in [2.24, 2.45) is 17.8 Å². The lowest BCUT2D eigenvalue weighted by atomic mass is 9.79. The Morgan fingerprint density at radius 1 is 0.783 bits per heavy atom. The van der Waals surface area contributed by atoms with Crippen molar-refractivity contribution in [3.05, 3.63) is 64.8 Å². The summed E-state index contributed by atoms with van der Waals surface area (Å²) in [6, 6.07) is 9.63. The minimum Gasteiger partial charge on any atom is -0.0887 e. The maximum atomic E-state index is 2.54. The SMILES string of the molecule is C.C/C=C(\C)CCC.CC.CC1CCC(CCCc2cccc(C3=CC=C4CCCCCCCCCCC3C4)c2)CC1.CCCC. The number of hydrogen-bond donors (Lipinski definition) is 0. The van der Waals surface area contributed by atoms with Gasteiger partial charge in [-0.2, -0.15) is 0 Å². The molecule has 3 aliphatic carbocycles. The average molecular weight is 635 g/mol. The molecule has 2 saturated carbocycles. The molecule has 2 fully saturated rings. The van der Waals surface area contributed by atoms with Gasteiger partial charge in [0.1, 0.15) is 0 Å². The van der Waals surface area contributed by atoms with Crippen molar-refractivity contribution < 1.29 is 0 Å². The Kier molecular flexibility index (Phi) is 28.6. The lowest BCUT2D eigenvalue weighted by molar-refractivity contribution is 0.274. The summed E-state index contributed by atoms with van der Waals surface area (Å²) >= 11 is 0. The van der Waals surface area contributed by atoms with E-state index in [9.17, 15) is 0 Å². The van der Waals surface area contributed by atoms with E-state index in [-0.39, 0.29) is 7.43 Å². The van der Waals surface area contributed by atoms with Gasteiger partial charge < -0.3 is 0 Å². The molecule has 0 nitrogen and oxygen atoms in total. The third-order valence-corrected chi connectivity index (χ3v) is 10.4. The molecule has 4 rings (SSSR count). The molecule has 3 aliphatic rings. The van der Waals surface area contributed by atoms with Crippen molar-refractivity contribution in [3.8, 4) is 0 Å². The molecule has 1 atom stereocenters. The van der Waals surface area contributed by atoms with Crippen LogP contribution in [0, 0.1) is 17.8 Å². The van der Waals surface area contributed by atoms with E-state index in [4.69, 9.17) is 0 Å². The molecule has 0 aromatic heterocycles. The van der Waals surface area contributed by atoms with E-state index < -0.39 is 0 Å². The van der Waals surface area contributed by atoms with Crippen LogP contribution in [0.2, 0.25) is 0 Å². The monoisotopic (exact) mass is 635 g/mol. The Hall–Kier alpha value is -1.56. The van der Waals surface area contributed by atoms with Gasteiger partial charge in [0, 0.05) is 0 Å². The lowest BCUT2D eigenvalue weighted by Gasteiger charge is -2.26. The van der Waals surface area contributed by atoms with Gasteiger partial charge in [-0.3, -0.25) is 0 Å². The summed E-state index contributed by atoms with van der Waals surface area (Å²) in [6.45, 7) is 17.3. The maximum Gasteiger partial charge on any atom is -0.0119 e. The molecular weight excluding hydrogens is 553 g/mol. The molecule has 0 aliphatic heterocycles. The molecule has 46 heavy (non-hydrogen) atoms. The van der Waals surface area contributed by atoms with Gasteiger partial charge in [-0.25, -0.2) is 0 Å². The Balaban J connectivity index is 0.00000124. The maximum absolute atomic E-state index is 2.54. The number of benzene rings is 1. The van der Waals surface area contributed by atoms with Crippen LogP contribution in [-0.2, 0) is 6.42 Å². The van der Waals surface area contributed by atoms with Gasteiger partial charge in [-0.05, 0) is 93.2 Å². The molecular formula is C46H82. The van der Waals surface area contributed by atoms with E-state index in [1.165, 1.54) is 152 Å². The molecule has 1 unspecified atom stereocenters. The predicted molar refractivity (Wildman–Crippen MR) is 214 cm³/mol. The highest BCUT2D eigenvalue weighted by molar-refractivity contribution is 5.71. The molecule has 0 heteroatoms. The van der Waals surface area contributed by atoms with Gasteiger partial charge in [-0.1, -0.05) is 199 Å². The van der Waals surface area contributed by atoms with Gasteiger partial charge in [0.15, 0.2) is 0 Å². The fraction of sp³-hybridized carbons (Fsp3) is 0.739. The fourth-order valence-electron chi connectivity index (χ4n) is 7.07. The third kappa shape index (κ3) is 20.0. The first kappa shape index (κ1) is 44.4. The molecule has 0 heterocycles. The van der Waals surface area contributed by atoms with Gasteiger partial charge >= 0.3 is 0 Å². The van der Waals surface area contributed by atoms with Crippen molar-refractivity contribution in [2.75, 3.05) is 0 Å². The summed E-state index contributed by atoms with van der Waals surface area (Å²) in [6.07, 6.45) is 37.8. The second-order valence-corrected chi connectivity index (χ2v) is 14.3. The first-order valence-electron chi connectivity index (χ1n) is 20.1. The first-order valence-corrected chi connectivity index (χ1v) is 20.1. The summed E-state index contributed by atoms with van der Waals surface area (Å²) in [7, 11) is 0. The van der Waals surface area contributed by atoms with E-state index in [1.54, 1.807) is 16.7 Å². The van der Waals surface area contributed by atoms with E-state index in [0.717, 1.165) is 17.8 Å². The summed E-state index contributed by atoms with van der Waals surface area (Å²) in [5.41, 5.74) is 7.93. The normalized spacial score (nSPS) is 22.1. The smallest absolute Gasteiger partial charge is 0.0119 e. The molecule has 266 valence electrons. The Morgan fingerprint density at radius 2 is 1.41 bits per heavy atom. The van der Waals surface area contributed by atoms with E-state index >= 15 is 0 Å². The topological polar surface area (TPSA) is 0 Å². The van der Waals surface area contributed by atoms with Gasteiger partial charge in [0.25, 0.3) is 0 Å². The third-order valence-electron chi connectivity index (χ3n) is 10.4.